The van der Waals surface area contributed by atoms with Crippen LogP contribution in [0.25, 0.3) is 0 Å². The van der Waals surface area contributed by atoms with Gasteiger partial charge in [-0.1, -0.05) is 12.1 Å². The van der Waals surface area contributed by atoms with E-state index in [2.05, 4.69) is 15.5 Å². The smallest absolute Gasteiger partial charge is 0.328 e. The predicted molar refractivity (Wildman–Crippen MR) is 59.3 cm³/mol. The van der Waals surface area contributed by atoms with Gasteiger partial charge in [0.15, 0.2) is 17.5 Å². The number of hydrogen-bond acceptors (Lipinski definition) is 4. The highest BCUT2D eigenvalue weighted by Gasteiger charge is 2.20. The van der Waals surface area contributed by atoms with Crippen LogP contribution in [0.4, 0.5) is 8.78 Å². The number of aliphatic carboxylic acids is 1. The van der Waals surface area contributed by atoms with Crippen LogP contribution >= 0.6 is 0 Å². The molecule has 2 aromatic rings. The number of hydrogen-bond donors (Lipinski definition) is 1. The van der Waals surface area contributed by atoms with Crippen LogP contribution in [0.3, 0.4) is 0 Å². The fourth-order valence-electron chi connectivity index (χ4n) is 1.59. The van der Waals surface area contributed by atoms with Gasteiger partial charge in [-0.05, 0) is 29.0 Å². The Kier molecular flexibility index (Phi) is 3.50. The fraction of sp³-hybridized carbons (Fsp3) is 0.273. The van der Waals surface area contributed by atoms with Crippen molar-refractivity contribution in [3.8, 4) is 0 Å². The quantitative estimate of drug-likeness (QED) is 0.900. The number of tetrazole rings is 1. The van der Waals surface area contributed by atoms with Gasteiger partial charge in [0.1, 0.15) is 6.04 Å². The Morgan fingerprint density at radius 2 is 2.21 bits per heavy atom. The van der Waals surface area contributed by atoms with E-state index in [0.29, 0.717) is 0 Å². The second kappa shape index (κ2) is 5.09. The third kappa shape index (κ3) is 2.56. The fourth-order valence-corrected chi connectivity index (χ4v) is 1.59. The molecular weight excluding hydrogens is 258 g/mol. The van der Waals surface area contributed by atoms with Gasteiger partial charge in [-0.15, -0.1) is 5.10 Å². The number of carbonyl (C=O) groups is 1. The van der Waals surface area contributed by atoms with Gasteiger partial charge in [0.2, 0.25) is 0 Å². The lowest BCUT2D eigenvalue weighted by Crippen LogP contribution is -2.19. The molecule has 0 aliphatic carbocycles. The van der Waals surface area contributed by atoms with Crippen LogP contribution in [-0.4, -0.2) is 31.3 Å². The summed E-state index contributed by atoms with van der Waals surface area (Å²) in [6.45, 7) is 1.39. The molecule has 0 saturated heterocycles. The van der Waals surface area contributed by atoms with Crippen molar-refractivity contribution in [3.63, 3.8) is 0 Å². The molecule has 6 nitrogen and oxygen atoms in total. The minimum absolute atomic E-state index is 0.0636. The lowest BCUT2D eigenvalue weighted by Gasteiger charge is -2.09. The van der Waals surface area contributed by atoms with Crippen molar-refractivity contribution in [2.75, 3.05) is 0 Å². The molecule has 0 saturated carbocycles. The van der Waals surface area contributed by atoms with Crippen LogP contribution in [0.15, 0.2) is 18.2 Å². The first-order valence-electron chi connectivity index (χ1n) is 5.43. The molecule has 0 amide bonds. The number of nitrogens with zero attached hydrogens (tertiary/aromatic N) is 4. The summed E-state index contributed by atoms with van der Waals surface area (Å²) in [5.74, 6) is -2.92. The van der Waals surface area contributed by atoms with Gasteiger partial charge in [-0.2, -0.15) is 0 Å². The van der Waals surface area contributed by atoms with Crippen molar-refractivity contribution in [3.05, 3.63) is 41.2 Å². The molecule has 100 valence electrons. The van der Waals surface area contributed by atoms with Gasteiger partial charge in [0.25, 0.3) is 0 Å². The summed E-state index contributed by atoms with van der Waals surface area (Å²) in [6, 6.07) is 2.77. The Labute approximate surface area is 106 Å². The van der Waals surface area contributed by atoms with Crippen LogP contribution in [0, 0.1) is 11.6 Å². The second-order valence-corrected chi connectivity index (χ2v) is 3.94. The maximum atomic E-state index is 13.5. The van der Waals surface area contributed by atoms with E-state index in [0.717, 1.165) is 10.7 Å². The summed E-state index contributed by atoms with van der Waals surface area (Å²) in [6.07, 6.45) is -0.0891. The summed E-state index contributed by atoms with van der Waals surface area (Å²) < 4.78 is 27.6. The molecule has 2 rings (SSSR count). The first-order valence-corrected chi connectivity index (χ1v) is 5.43. The van der Waals surface area contributed by atoms with E-state index in [1.165, 1.54) is 19.1 Å². The molecule has 1 heterocycles. The maximum absolute atomic E-state index is 13.5. The van der Waals surface area contributed by atoms with Gasteiger partial charge < -0.3 is 5.11 Å². The van der Waals surface area contributed by atoms with Crippen LogP contribution in [0.5, 0.6) is 0 Å². The summed E-state index contributed by atoms with van der Waals surface area (Å²) in [7, 11) is 0. The predicted octanol–water partition coefficient (Wildman–Crippen LogP) is 1.19. The summed E-state index contributed by atoms with van der Waals surface area (Å²) in [5, 5.41) is 19.4. The van der Waals surface area contributed by atoms with Gasteiger partial charge >= 0.3 is 5.97 Å². The molecule has 0 spiro atoms. The van der Waals surface area contributed by atoms with Crippen molar-refractivity contribution in [2.24, 2.45) is 0 Å². The third-order valence-electron chi connectivity index (χ3n) is 2.67. The Balaban J connectivity index is 2.32. The topological polar surface area (TPSA) is 80.9 Å². The monoisotopic (exact) mass is 268 g/mol. The van der Waals surface area contributed by atoms with Gasteiger partial charge in [-0.3, -0.25) is 0 Å². The van der Waals surface area contributed by atoms with Crippen LogP contribution in [0.1, 0.15) is 24.4 Å². The molecular formula is C11H10F2N4O2. The number of benzene rings is 1. The van der Waals surface area contributed by atoms with Crippen LogP contribution in [0.2, 0.25) is 0 Å². The molecule has 8 heteroatoms. The van der Waals surface area contributed by atoms with Crippen LogP contribution < -0.4 is 0 Å². The molecule has 1 aromatic heterocycles. The van der Waals surface area contributed by atoms with E-state index in [1.807, 2.05) is 0 Å². The minimum atomic E-state index is -1.12. The number of rotatable bonds is 4. The highest BCUT2D eigenvalue weighted by molar-refractivity contribution is 5.71. The number of carboxylic acid groups (broad SMARTS) is 1. The van der Waals surface area contributed by atoms with Crippen molar-refractivity contribution in [2.45, 2.75) is 19.4 Å². The highest BCUT2D eigenvalue weighted by Crippen LogP contribution is 2.16. The summed E-state index contributed by atoms with van der Waals surface area (Å²) >= 11 is 0. The van der Waals surface area contributed by atoms with E-state index in [1.54, 1.807) is 0 Å². The summed E-state index contributed by atoms with van der Waals surface area (Å²) in [4.78, 5) is 10.9. The van der Waals surface area contributed by atoms with Gasteiger partial charge in [0.05, 0.1) is 0 Å². The molecule has 1 aromatic carbocycles. The second-order valence-electron chi connectivity index (χ2n) is 3.94. The number of aromatic nitrogens is 4. The van der Waals surface area contributed by atoms with E-state index in [9.17, 15) is 13.6 Å². The molecule has 0 fully saturated rings. The SMILES string of the molecule is CC(C(=O)O)n1nnnc1Cc1cccc(F)c1F. The normalized spacial score (nSPS) is 12.4. The Bertz CT molecular complexity index is 614. The van der Waals surface area contributed by atoms with E-state index >= 15 is 0 Å². The molecule has 1 atom stereocenters. The summed E-state index contributed by atoms with van der Waals surface area (Å²) in [5.41, 5.74) is 0.0636. The van der Waals surface area contributed by atoms with Crippen molar-refractivity contribution in [1.82, 2.24) is 20.2 Å². The Morgan fingerprint density at radius 1 is 1.47 bits per heavy atom. The first-order chi connectivity index (χ1) is 9.00. The largest absolute Gasteiger partial charge is 0.480 e. The standard InChI is InChI=1S/C11H10F2N4O2/c1-6(11(18)19)17-9(14-15-16-17)5-7-3-2-4-8(12)10(7)13/h2-4,6H,5H2,1H3,(H,18,19). The molecule has 0 radical (unpaired) electrons. The van der Waals surface area contributed by atoms with Crippen molar-refractivity contribution < 1.29 is 18.7 Å². The first kappa shape index (κ1) is 13.1. The zero-order valence-corrected chi connectivity index (χ0v) is 9.92. The van der Waals surface area contributed by atoms with E-state index in [-0.39, 0.29) is 17.8 Å². The Hall–Kier alpha value is -2.38. The molecule has 0 aliphatic heterocycles. The number of halogens is 2. The molecule has 19 heavy (non-hydrogen) atoms. The lowest BCUT2D eigenvalue weighted by atomic mass is 10.1. The number of carboxylic acids is 1. The highest BCUT2D eigenvalue weighted by atomic mass is 19.2. The lowest BCUT2D eigenvalue weighted by molar-refractivity contribution is -0.140. The molecule has 1 N–H and O–H groups in total. The minimum Gasteiger partial charge on any atom is -0.480 e. The van der Waals surface area contributed by atoms with E-state index in [4.69, 9.17) is 5.11 Å². The van der Waals surface area contributed by atoms with E-state index < -0.39 is 23.6 Å². The van der Waals surface area contributed by atoms with Gasteiger partial charge in [0, 0.05) is 6.42 Å². The average Bonchev–Trinajstić information content (AvgIpc) is 2.82. The van der Waals surface area contributed by atoms with Gasteiger partial charge in [-0.25, -0.2) is 18.3 Å². The van der Waals surface area contributed by atoms with Crippen molar-refractivity contribution >= 4 is 5.97 Å². The zero-order chi connectivity index (χ0) is 14.0. The average molecular weight is 268 g/mol. The molecule has 1 unspecified atom stereocenters. The van der Waals surface area contributed by atoms with Crippen molar-refractivity contribution in [1.29, 1.82) is 0 Å². The van der Waals surface area contributed by atoms with Crippen LogP contribution in [-0.2, 0) is 11.2 Å². The molecule has 0 bridgehead atoms. The maximum Gasteiger partial charge on any atom is 0.328 e. The Morgan fingerprint density at radius 3 is 2.89 bits per heavy atom. The molecule has 0 aliphatic rings. The third-order valence-corrected chi connectivity index (χ3v) is 2.67. The zero-order valence-electron chi connectivity index (χ0n) is 9.92.